The number of benzene rings is 1. The van der Waals surface area contributed by atoms with Crippen LogP contribution in [0.4, 0.5) is 5.69 Å². The molecule has 0 aliphatic carbocycles. The second-order valence-electron chi connectivity index (χ2n) is 5.70. The lowest BCUT2D eigenvalue weighted by atomic mass is 10.2. The van der Waals surface area contributed by atoms with Crippen molar-refractivity contribution >= 4 is 40.4 Å². The van der Waals surface area contributed by atoms with E-state index in [1.54, 1.807) is 24.3 Å². The van der Waals surface area contributed by atoms with E-state index in [0.717, 1.165) is 11.4 Å². The van der Waals surface area contributed by atoms with E-state index < -0.39 is 0 Å². The SMILES string of the molecule is CCC(C)NC(=O)CCCc1nnc(C(=O)Nc2cccc(Cl)c2)s1. The molecule has 1 atom stereocenters. The first-order chi connectivity index (χ1) is 12.0. The van der Waals surface area contributed by atoms with Crippen LogP contribution in [0.5, 0.6) is 0 Å². The summed E-state index contributed by atoms with van der Waals surface area (Å²) in [6, 6.07) is 7.10. The number of amides is 2. The molecule has 2 N–H and O–H groups in total. The minimum atomic E-state index is -0.319. The molecule has 0 fully saturated rings. The number of carbonyl (C=O) groups excluding carboxylic acids is 2. The van der Waals surface area contributed by atoms with Gasteiger partial charge in [-0.2, -0.15) is 0 Å². The maximum Gasteiger partial charge on any atom is 0.286 e. The van der Waals surface area contributed by atoms with Gasteiger partial charge in [0.15, 0.2) is 0 Å². The van der Waals surface area contributed by atoms with Crippen molar-refractivity contribution in [1.29, 1.82) is 0 Å². The Morgan fingerprint density at radius 3 is 2.84 bits per heavy atom. The monoisotopic (exact) mass is 380 g/mol. The summed E-state index contributed by atoms with van der Waals surface area (Å²) in [4.78, 5) is 23.9. The number of hydrogen-bond acceptors (Lipinski definition) is 5. The smallest absolute Gasteiger partial charge is 0.286 e. The molecule has 8 heteroatoms. The van der Waals surface area contributed by atoms with E-state index >= 15 is 0 Å². The molecule has 2 rings (SSSR count). The third-order valence-corrected chi connectivity index (χ3v) is 4.77. The van der Waals surface area contributed by atoms with Gasteiger partial charge < -0.3 is 10.6 Å². The zero-order chi connectivity index (χ0) is 18.2. The number of nitrogens with one attached hydrogen (secondary N) is 2. The van der Waals surface area contributed by atoms with Crippen molar-refractivity contribution in [3.8, 4) is 0 Å². The Morgan fingerprint density at radius 1 is 1.32 bits per heavy atom. The first-order valence-corrected chi connectivity index (χ1v) is 9.36. The average Bonchev–Trinajstić information content (AvgIpc) is 3.03. The highest BCUT2D eigenvalue weighted by Crippen LogP contribution is 2.18. The number of rotatable bonds is 8. The van der Waals surface area contributed by atoms with Crippen LogP contribution in [0.25, 0.3) is 0 Å². The molecule has 25 heavy (non-hydrogen) atoms. The molecule has 2 aromatic rings. The van der Waals surface area contributed by atoms with E-state index in [-0.39, 0.29) is 17.9 Å². The standard InChI is InChI=1S/C17H21ClN4O2S/c1-3-11(2)19-14(23)8-5-9-15-21-22-17(25-15)16(24)20-13-7-4-6-12(18)10-13/h4,6-7,10-11H,3,5,8-9H2,1-2H3,(H,19,23)(H,20,24). The fraction of sp³-hybridized carbons (Fsp3) is 0.412. The average molecular weight is 381 g/mol. The molecule has 6 nitrogen and oxygen atoms in total. The molecule has 0 saturated carbocycles. The highest BCUT2D eigenvalue weighted by Gasteiger charge is 2.14. The molecule has 0 radical (unpaired) electrons. The third-order valence-electron chi connectivity index (χ3n) is 3.56. The van der Waals surface area contributed by atoms with Gasteiger partial charge in [-0.25, -0.2) is 0 Å². The van der Waals surface area contributed by atoms with Crippen LogP contribution in [0, 0.1) is 0 Å². The summed E-state index contributed by atoms with van der Waals surface area (Å²) in [6.07, 6.45) is 2.64. The summed E-state index contributed by atoms with van der Waals surface area (Å²) in [6.45, 7) is 4.01. The number of anilines is 1. The van der Waals surface area contributed by atoms with Gasteiger partial charge >= 0.3 is 0 Å². The van der Waals surface area contributed by atoms with Crippen LogP contribution in [0.3, 0.4) is 0 Å². The van der Waals surface area contributed by atoms with E-state index in [9.17, 15) is 9.59 Å². The van der Waals surface area contributed by atoms with Gasteiger partial charge in [-0.1, -0.05) is 35.9 Å². The molecular formula is C17H21ClN4O2S. The Morgan fingerprint density at radius 2 is 2.12 bits per heavy atom. The van der Waals surface area contributed by atoms with Gasteiger partial charge in [-0.15, -0.1) is 10.2 Å². The predicted octanol–water partition coefficient (Wildman–Crippen LogP) is 3.68. The molecule has 0 bridgehead atoms. The molecule has 134 valence electrons. The Balaban J connectivity index is 1.81. The predicted molar refractivity (Wildman–Crippen MR) is 100 cm³/mol. The van der Waals surface area contributed by atoms with Gasteiger partial charge in [-0.05, 0) is 38.0 Å². The van der Waals surface area contributed by atoms with Crippen LogP contribution >= 0.6 is 22.9 Å². The van der Waals surface area contributed by atoms with Crippen molar-refractivity contribution in [3.05, 3.63) is 39.3 Å². The number of halogens is 1. The maximum absolute atomic E-state index is 12.2. The van der Waals surface area contributed by atoms with E-state index in [0.29, 0.717) is 35.0 Å². The molecule has 1 heterocycles. The van der Waals surface area contributed by atoms with Crippen LogP contribution in [-0.2, 0) is 11.2 Å². The minimum Gasteiger partial charge on any atom is -0.354 e. The van der Waals surface area contributed by atoms with Crippen molar-refractivity contribution < 1.29 is 9.59 Å². The fourth-order valence-electron chi connectivity index (χ4n) is 2.05. The van der Waals surface area contributed by atoms with Gasteiger partial charge in [0, 0.05) is 29.6 Å². The number of hydrogen-bond donors (Lipinski definition) is 2. The van der Waals surface area contributed by atoms with E-state index in [1.807, 2.05) is 13.8 Å². The lowest BCUT2D eigenvalue weighted by Crippen LogP contribution is -2.31. The zero-order valence-corrected chi connectivity index (χ0v) is 15.8. The highest BCUT2D eigenvalue weighted by atomic mass is 35.5. The molecule has 0 spiro atoms. The molecule has 1 aromatic heterocycles. The van der Waals surface area contributed by atoms with Crippen LogP contribution in [0.1, 0.15) is 47.9 Å². The lowest BCUT2D eigenvalue weighted by molar-refractivity contribution is -0.121. The van der Waals surface area contributed by atoms with E-state index in [4.69, 9.17) is 11.6 Å². The summed E-state index contributed by atoms with van der Waals surface area (Å²) in [5, 5.41) is 15.2. The molecule has 0 aliphatic rings. The van der Waals surface area contributed by atoms with Gasteiger partial charge in [0.25, 0.3) is 5.91 Å². The normalized spacial score (nSPS) is 11.8. The third kappa shape index (κ3) is 6.43. The quantitative estimate of drug-likeness (QED) is 0.731. The lowest BCUT2D eigenvalue weighted by Gasteiger charge is -2.10. The molecule has 0 saturated heterocycles. The van der Waals surface area contributed by atoms with Crippen molar-refractivity contribution in [3.63, 3.8) is 0 Å². The van der Waals surface area contributed by atoms with Gasteiger partial charge in [0.05, 0.1) is 0 Å². The van der Waals surface area contributed by atoms with Crippen molar-refractivity contribution in [2.24, 2.45) is 0 Å². The summed E-state index contributed by atoms with van der Waals surface area (Å²) < 4.78 is 0. The van der Waals surface area contributed by atoms with Gasteiger partial charge in [0.1, 0.15) is 5.01 Å². The van der Waals surface area contributed by atoms with Gasteiger partial charge in [0.2, 0.25) is 10.9 Å². The van der Waals surface area contributed by atoms with E-state index in [1.165, 1.54) is 11.3 Å². The second kappa shape index (κ2) is 9.48. The van der Waals surface area contributed by atoms with Crippen LogP contribution in [-0.4, -0.2) is 28.1 Å². The minimum absolute atomic E-state index is 0.0396. The van der Waals surface area contributed by atoms with Crippen molar-refractivity contribution in [1.82, 2.24) is 15.5 Å². The first kappa shape index (κ1) is 19.3. The fourth-order valence-corrected chi connectivity index (χ4v) is 3.01. The van der Waals surface area contributed by atoms with Crippen LogP contribution < -0.4 is 10.6 Å². The Kier molecular flexibility index (Phi) is 7.33. The number of nitrogens with zero attached hydrogens (tertiary/aromatic N) is 2. The highest BCUT2D eigenvalue weighted by molar-refractivity contribution is 7.13. The summed E-state index contributed by atoms with van der Waals surface area (Å²) in [5.74, 6) is -0.279. The molecular weight excluding hydrogens is 360 g/mol. The number of aromatic nitrogens is 2. The van der Waals surface area contributed by atoms with Crippen molar-refractivity contribution in [2.75, 3.05) is 5.32 Å². The second-order valence-corrected chi connectivity index (χ2v) is 7.19. The number of carbonyl (C=O) groups is 2. The zero-order valence-electron chi connectivity index (χ0n) is 14.2. The van der Waals surface area contributed by atoms with Crippen LogP contribution in [0.2, 0.25) is 5.02 Å². The molecule has 0 aliphatic heterocycles. The Bertz CT molecular complexity index is 735. The molecule has 1 unspecified atom stereocenters. The Hall–Kier alpha value is -1.99. The maximum atomic E-state index is 12.2. The topological polar surface area (TPSA) is 84.0 Å². The van der Waals surface area contributed by atoms with Gasteiger partial charge in [-0.3, -0.25) is 9.59 Å². The number of aryl methyl sites for hydroxylation is 1. The van der Waals surface area contributed by atoms with Crippen molar-refractivity contribution in [2.45, 2.75) is 45.6 Å². The first-order valence-electron chi connectivity index (χ1n) is 8.16. The largest absolute Gasteiger partial charge is 0.354 e. The summed E-state index contributed by atoms with van der Waals surface area (Å²) in [7, 11) is 0. The van der Waals surface area contributed by atoms with E-state index in [2.05, 4.69) is 20.8 Å². The summed E-state index contributed by atoms with van der Waals surface area (Å²) >= 11 is 7.13. The Labute approximate surface area is 156 Å². The summed E-state index contributed by atoms with van der Waals surface area (Å²) in [5.41, 5.74) is 0.607. The van der Waals surface area contributed by atoms with Crippen LogP contribution in [0.15, 0.2) is 24.3 Å². The molecule has 2 amide bonds. The molecule has 1 aromatic carbocycles.